The topological polar surface area (TPSA) is 0 Å². The Kier molecular flexibility index (Phi) is 2.60. The van der Waals surface area contributed by atoms with Crippen molar-refractivity contribution in [3.05, 3.63) is 0 Å². The van der Waals surface area contributed by atoms with Gasteiger partial charge in [-0.25, -0.2) is 0 Å². The maximum Gasteiger partial charge on any atom is -0.0321 e. The van der Waals surface area contributed by atoms with Crippen LogP contribution in [-0.2, 0) is 0 Å². The van der Waals surface area contributed by atoms with Crippen LogP contribution in [-0.4, -0.2) is 0 Å². The van der Waals surface area contributed by atoms with Crippen molar-refractivity contribution in [1.82, 2.24) is 0 Å². The van der Waals surface area contributed by atoms with Crippen molar-refractivity contribution in [2.75, 3.05) is 0 Å². The van der Waals surface area contributed by atoms with Crippen molar-refractivity contribution in [2.24, 2.45) is 47.3 Å². The van der Waals surface area contributed by atoms with E-state index in [0.29, 0.717) is 0 Å². The molecule has 0 radical (unpaired) electrons. The van der Waals surface area contributed by atoms with Gasteiger partial charge in [0.15, 0.2) is 0 Å². The molecule has 0 saturated heterocycles. The largest absolute Gasteiger partial charge is 0.0651 e. The summed E-state index contributed by atoms with van der Waals surface area (Å²) in [5.74, 6) is 8.69. The van der Waals surface area contributed by atoms with Gasteiger partial charge in [-0.1, -0.05) is 40.5 Å². The minimum absolute atomic E-state index is 1.03. The van der Waals surface area contributed by atoms with Crippen LogP contribution in [0.2, 0.25) is 0 Å². The molecular weight excluding hydrogens is 192 g/mol. The summed E-state index contributed by atoms with van der Waals surface area (Å²) in [5, 5.41) is 0. The third-order valence-corrected chi connectivity index (χ3v) is 6.75. The zero-order chi connectivity index (χ0) is 11.4. The van der Waals surface area contributed by atoms with Gasteiger partial charge in [-0.05, 0) is 60.2 Å². The molecule has 0 amide bonds. The maximum atomic E-state index is 2.56. The Morgan fingerprint density at radius 2 is 1.62 bits per heavy atom. The molecule has 8 unspecified atom stereocenters. The molecule has 3 saturated carbocycles. The fourth-order valence-corrected chi connectivity index (χ4v) is 6.30. The van der Waals surface area contributed by atoms with Crippen molar-refractivity contribution in [1.29, 1.82) is 0 Å². The van der Waals surface area contributed by atoms with Crippen LogP contribution in [0.3, 0.4) is 0 Å². The molecule has 3 rings (SSSR count). The molecule has 8 atom stereocenters. The summed E-state index contributed by atoms with van der Waals surface area (Å²) >= 11 is 0. The summed E-state index contributed by atoms with van der Waals surface area (Å²) in [6, 6.07) is 0. The van der Waals surface area contributed by atoms with E-state index in [-0.39, 0.29) is 0 Å². The number of hydrogen-bond donors (Lipinski definition) is 0. The molecule has 16 heavy (non-hydrogen) atoms. The lowest BCUT2D eigenvalue weighted by atomic mass is 9.66. The molecule has 3 aliphatic carbocycles. The first-order chi connectivity index (χ1) is 7.69. The zero-order valence-electron chi connectivity index (χ0n) is 11.4. The molecule has 0 aliphatic heterocycles. The second kappa shape index (κ2) is 3.75. The molecule has 2 bridgehead atoms. The quantitative estimate of drug-likeness (QED) is 0.638. The molecule has 0 spiro atoms. The fraction of sp³-hybridized carbons (Fsp3) is 1.00. The molecule has 0 heteroatoms. The van der Waals surface area contributed by atoms with Gasteiger partial charge in [0.1, 0.15) is 0 Å². The Morgan fingerprint density at radius 3 is 2.25 bits per heavy atom. The Bertz CT molecular complexity index is 269. The van der Waals surface area contributed by atoms with Crippen molar-refractivity contribution < 1.29 is 0 Å². The van der Waals surface area contributed by atoms with Gasteiger partial charge in [0.05, 0.1) is 0 Å². The van der Waals surface area contributed by atoms with Crippen molar-refractivity contribution in [2.45, 2.75) is 53.4 Å². The minimum Gasteiger partial charge on any atom is -0.0651 e. The molecular formula is C16H28. The molecule has 0 nitrogen and oxygen atoms in total. The highest BCUT2D eigenvalue weighted by Crippen LogP contribution is 2.67. The summed E-state index contributed by atoms with van der Waals surface area (Å²) in [6.07, 6.45) is 6.02. The normalized spacial score (nSPS) is 59.2. The summed E-state index contributed by atoms with van der Waals surface area (Å²) in [7, 11) is 0. The fourth-order valence-electron chi connectivity index (χ4n) is 6.30. The molecule has 0 aromatic carbocycles. The Balaban J connectivity index is 1.89. The van der Waals surface area contributed by atoms with Gasteiger partial charge in [-0.3, -0.25) is 0 Å². The number of fused-ring (bicyclic) bond motifs is 5. The zero-order valence-corrected chi connectivity index (χ0v) is 11.4. The SMILES string of the molecule is CCC1CC(C)C2C3CC(C(C)C3CC)C12. The summed E-state index contributed by atoms with van der Waals surface area (Å²) < 4.78 is 0. The second-order valence-corrected chi connectivity index (χ2v) is 7.03. The molecule has 92 valence electrons. The smallest absolute Gasteiger partial charge is 0.0321 e. The molecule has 0 heterocycles. The van der Waals surface area contributed by atoms with E-state index in [4.69, 9.17) is 0 Å². The number of hydrogen-bond acceptors (Lipinski definition) is 0. The van der Waals surface area contributed by atoms with Gasteiger partial charge in [0, 0.05) is 0 Å². The van der Waals surface area contributed by atoms with Gasteiger partial charge in [-0.2, -0.15) is 0 Å². The van der Waals surface area contributed by atoms with Crippen LogP contribution < -0.4 is 0 Å². The van der Waals surface area contributed by atoms with E-state index >= 15 is 0 Å². The summed E-state index contributed by atoms with van der Waals surface area (Å²) in [5.41, 5.74) is 0. The Labute approximate surface area is 101 Å². The van der Waals surface area contributed by atoms with Gasteiger partial charge >= 0.3 is 0 Å². The lowest BCUT2D eigenvalue weighted by Crippen LogP contribution is -2.34. The van der Waals surface area contributed by atoms with E-state index in [1.54, 1.807) is 12.8 Å². The van der Waals surface area contributed by atoms with Crippen LogP contribution >= 0.6 is 0 Å². The first kappa shape index (κ1) is 11.1. The van der Waals surface area contributed by atoms with Gasteiger partial charge in [0.25, 0.3) is 0 Å². The molecule has 0 N–H and O–H groups in total. The van der Waals surface area contributed by atoms with E-state index in [2.05, 4.69) is 27.7 Å². The van der Waals surface area contributed by atoms with Crippen molar-refractivity contribution in [3.8, 4) is 0 Å². The molecule has 3 aliphatic rings. The highest BCUT2D eigenvalue weighted by Gasteiger charge is 2.60. The Morgan fingerprint density at radius 1 is 0.875 bits per heavy atom. The molecule has 3 fully saturated rings. The van der Waals surface area contributed by atoms with Gasteiger partial charge in [0.2, 0.25) is 0 Å². The van der Waals surface area contributed by atoms with E-state index in [1.807, 2.05) is 0 Å². The maximum absolute atomic E-state index is 2.56. The lowest BCUT2D eigenvalue weighted by Gasteiger charge is -2.39. The predicted octanol–water partition coefficient (Wildman–Crippen LogP) is 4.60. The van der Waals surface area contributed by atoms with Crippen LogP contribution in [0.25, 0.3) is 0 Å². The summed E-state index contributed by atoms with van der Waals surface area (Å²) in [4.78, 5) is 0. The van der Waals surface area contributed by atoms with Crippen molar-refractivity contribution >= 4 is 0 Å². The Hall–Kier alpha value is 0. The van der Waals surface area contributed by atoms with E-state index < -0.39 is 0 Å². The highest BCUT2D eigenvalue weighted by molar-refractivity contribution is 5.09. The van der Waals surface area contributed by atoms with Crippen LogP contribution in [0.15, 0.2) is 0 Å². The van der Waals surface area contributed by atoms with E-state index in [9.17, 15) is 0 Å². The lowest BCUT2D eigenvalue weighted by molar-refractivity contribution is 0.0873. The third-order valence-electron chi connectivity index (χ3n) is 6.75. The monoisotopic (exact) mass is 220 g/mol. The minimum atomic E-state index is 1.03. The van der Waals surface area contributed by atoms with E-state index in [0.717, 1.165) is 47.3 Å². The van der Waals surface area contributed by atoms with E-state index in [1.165, 1.54) is 12.8 Å². The molecule has 0 aromatic rings. The summed E-state index contributed by atoms with van der Waals surface area (Å²) in [6.45, 7) is 9.96. The van der Waals surface area contributed by atoms with Crippen LogP contribution in [0, 0.1) is 47.3 Å². The van der Waals surface area contributed by atoms with Gasteiger partial charge < -0.3 is 0 Å². The highest BCUT2D eigenvalue weighted by atomic mass is 14.7. The average Bonchev–Trinajstić information content (AvgIpc) is 2.88. The first-order valence-electron chi connectivity index (χ1n) is 7.69. The molecule has 0 aromatic heterocycles. The van der Waals surface area contributed by atoms with Crippen LogP contribution in [0.5, 0.6) is 0 Å². The first-order valence-corrected chi connectivity index (χ1v) is 7.69. The third kappa shape index (κ3) is 1.22. The van der Waals surface area contributed by atoms with Gasteiger partial charge in [-0.15, -0.1) is 0 Å². The van der Waals surface area contributed by atoms with Crippen LogP contribution in [0.1, 0.15) is 53.4 Å². The standard InChI is InChI=1S/C16H28/c1-5-11-7-9(3)15-14-8-13(16(11)15)10(4)12(14)6-2/h9-16H,5-8H2,1-4H3. The predicted molar refractivity (Wildman–Crippen MR) is 69.1 cm³/mol. The second-order valence-electron chi connectivity index (χ2n) is 7.03. The number of rotatable bonds is 2. The van der Waals surface area contributed by atoms with Crippen molar-refractivity contribution in [3.63, 3.8) is 0 Å². The average molecular weight is 220 g/mol. The van der Waals surface area contributed by atoms with Crippen LogP contribution in [0.4, 0.5) is 0 Å².